The third-order valence-electron chi connectivity index (χ3n) is 3.71. The van der Waals surface area contributed by atoms with E-state index >= 15 is 0 Å². The number of carbonyl (C=O) groups excluding carboxylic acids is 1. The van der Waals surface area contributed by atoms with Gasteiger partial charge in [-0.25, -0.2) is 4.79 Å². The first-order valence-corrected chi connectivity index (χ1v) is 7.56. The van der Waals surface area contributed by atoms with E-state index in [9.17, 15) is 9.59 Å². The third kappa shape index (κ3) is 2.98. The number of nitrogens with one attached hydrogen (secondary N) is 1. The van der Waals surface area contributed by atoms with E-state index in [1.165, 1.54) is 13.2 Å². The van der Waals surface area contributed by atoms with E-state index in [1.54, 1.807) is 43.3 Å². The number of anilines is 1. The molecular weight excluding hydrogens is 330 g/mol. The molecular formula is C18H14ClNO4. The number of methoxy groups -OCH3 is 1. The van der Waals surface area contributed by atoms with E-state index in [1.807, 2.05) is 0 Å². The van der Waals surface area contributed by atoms with Gasteiger partial charge in [-0.1, -0.05) is 17.7 Å². The average molecular weight is 344 g/mol. The lowest BCUT2D eigenvalue weighted by molar-refractivity contribution is 0.102. The van der Waals surface area contributed by atoms with Gasteiger partial charge in [0.15, 0.2) is 0 Å². The first-order chi connectivity index (χ1) is 11.5. The molecule has 0 fully saturated rings. The minimum Gasteiger partial charge on any atom is -0.497 e. The summed E-state index contributed by atoms with van der Waals surface area (Å²) in [4.78, 5) is 24.4. The molecule has 0 aliphatic rings. The largest absolute Gasteiger partial charge is 0.497 e. The highest BCUT2D eigenvalue weighted by Gasteiger charge is 2.15. The Hall–Kier alpha value is -2.79. The predicted molar refractivity (Wildman–Crippen MR) is 93.2 cm³/mol. The summed E-state index contributed by atoms with van der Waals surface area (Å²) in [5, 5.41) is 3.85. The number of rotatable bonds is 3. The normalized spacial score (nSPS) is 10.6. The van der Waals surface area contributed by atoms with E-state index in [0.717, 1.165) is 5.56 Å². The Bertz CT molecular complexity index is 994. The zero-order chi connectivity index (χ0) is 17.3. The first-order valence-electron chi connectivity index (χ1n) is 7.18. The van der Waals surface area contributed by atoms with Crippen molar-refractivity contribution < 1.29 is 13.9 Å². The van der Waals surface area contributed by atoms with Crippen molar-refractivity contribution in [2.75, 3.05) is 12.4 Å². The Morgan fingerprint density at radius 3 is 2.75 bits per heavy atom. The van der Waals surface area contributed by atoms with Gasteiger partial charge < -0.3 is 14.5 Å². The molecule has 1 heterocycles. The minimum absolute atomic E-state index is 0.225. The van der Waals surface area contributed by atoms with Crippen molar-refractivity contribution in [3.8, 4) is 5.75 Å². The fraction of sp³-hybridized carbons (Fsp3) is 0.111. The molecule has 0 saturated heterocycles. The van der Waals surface area contributed by atoms with Crippen molar-refractivity contribution in [1.29, 1.82) is 0 Å². The van der Waals surface area contributed by atoms with Gasteiger partial charge in [0.05, 0.1) is 12.7 Å². The van der Waals surface area contributed by atoms with Gasteiger partial charge in [-0.05, 0) is 36.8 Å². The van der Waals surface area contributed by atoms with Crippen LogP contribution in [0.25, 0.3) is 11.0 Å². The van der Waals surface area contributed by atoms with Crippen molar-refractivity contribution in [3.05, 3.63) is 69.0 Å². The molecule has 0 radical (unpaired) electrons. The number of halogens is 1. The highest BCUT2D eigenvalue weighted by molar-refractivity contribution is 6.31. The van der Waals surface area contributed by atoms with Gasteiger partial charge in [-0.3, -0.25) is 4.79 Å². The minimum atomic E-state index is -0.608. The summed E-state index contributed by atoms with van der Waals surface area (Å²) in [6.07, 6.45) is 0. The Kier molecular flexibility index (Phi) is 4.27. The van der Waals surface area contributed by atoms with Crippen LogP contribution in [0.5, 0.6) is 5.75 Å². The SMILES string of the molecule is COc1ccc2c(C(=O)Nc3cccc(Cl)c3C)cc(=O)oc2c1. The van der Waals surface area contributed by atoms with E-state index in [2.05, 4.69) is 5.32 Å². The molecule has 1 N–H and O–H groups in total. The monoisotopic (exact) mass is 343 g/mol. The maximum absolute atomic E-state index is 12.6. The van der Waals surface area contributed by atoms with Crippen LogP contribution in [-0.4, -0.2) is 13.0 Å². The van der Waals surface area contributed by atoms with E-state index < -0.39 is 11.5 Å². The Morgan fingerprint density at radius 2 is 2.00 bits per heavy atom. The van der Waals surface area contributed by atoms with Gasteiger partial charge in [-0.2, -0.15) is 0 Å². The molecule has 6 heteroatoms. The topological polar surface area (TPSA) is 68.5 Å². The van der Waals surface area contributed by atoms with Crippen LogP contribution in [0.1, 0.15) is 15.9 Å². The van der Waals surface area contributed by atoms with E-state index in [-0.39, 0.29) is 11.1 Å². The highest BCUT2D eigenvalue weighted by Crippen LogP contribution is 2.26. The van der Waals surface area contributed by atoms with Crippen LogP contribution < -0.4 is 15.7 Å². The molecule has 122 valence electrons. The van der Waals surface area contributed by atoms with Crippen LogP contribution in [0.2, 0.25) is 5.02 Å². The lowest BCUT2D eigenvalue weighted by atomic mass is 10.1. The number of amides is 1. The summed E-state index contributed by atoms with van der Waals surface area (Å²) < 4.78 is 10.3. The first kappa shape index (κ1) is 16.1. The van der Waals surface area contributed by atoms with Crippen LogP contribution in [0, 0.1) is 6.92 Å². The summed E-state index contributed by atoms with van der Waals surface area (Å²) in [5.41, 5.74) is 1.24. The van der Waals surface area contributed by atoms with Crippen LogP contribution in [0.3, 0.4) is 0 Å². The number of benzene rings is 2. The molecule has 0 aliphatic heterocycles. The molecule has 24 heavy (non-hydrogen) atoms. The van der Waals surface area contributed by atoms with Gasteiger partial charge in [0.1, 0.15) is 11.3 Å². The highest BCUT2D eigenvalue weighted by atomic mass is 35.5. The molecule has 2 aromatic carbocycles. The second kappa shape index (κ2) is 6.37. The molecule has 1 aromatic heterocycles. The Labute approximate surface area is 142 Å². The Morgan fingerprint density at radius 1 is 1.21 bits per heavy atom. The quantitative estimate of drug-likeness (QED) is 0.729. The second-order valence-electron chi connectivity index (χ2n) is 5.21. The standard InChI is InChI=1S/C18H14ClNO4/c1-10-14(19)4-3-5-15(10)20-18(22)13-9-17(21)24-16-8-11(23-2)6-7-12(13)16/h3-9H,1-2H3,(H,20,22). The maximum Gasteiger partial charge on any atom is 0.337 e. The number of carbonyl (C=O) groups is 1. The molecule has 0 unspecified atom stereocenters. The van der Waals surface area contributed by atoms with Crippen molar-refractivity contribution in [1.82, 2.24) is 0 Å². The molecule has 3 aromatic rings. The summed E-state index contributed by atoms with van der Waals surface area (Å²) in [5.74, 6) is 0.123. The van der Waals surface area contributed by atoms with Crippen molar-refractivity contribution in [3.63, 3.8) is 0 Å². The van der Waals surface area contributed by atoms with Crippen LogP contribution >= 0.6 is 11.6 Å². The molecule has 0 aliphatic carbocycles. The summed E-state index contributed by atoms with van der Waals surface area (Å²) in [6, 6.07) is 11.3. The molecule has 3 rings (SSSR count). The van der Waals surface area contributed by atoms with Gasteiger partial charge in [0, 0.05) is 28.2 Å². The zero-order valence-electron chi connectivity index (χ0n) is 13.1. The van der Waals surface area contributed by atoms with Crippen LogP contribution in [0.15, 0.2) is 51.7 Å². The maximum atomic E-state index is 12.6. The second-order valence-corrected chi connectivity index (χ2v) is 5.61. The average Bonchev–Trinajstić information content (AvgIpc) is 2.57. The number of hydrogen-bond donors (Lipinski definition) is 1. The third-order valence-corrected chi connectivity index (χ3v) is 4.12. The van der Waals surface area contributed by atoms with Crippen molar-refractivity contribution >= 4 is 34.2 Å². The van der Waals surface area contributed by atoms with Crippen molar-refractivity contribution in [2.45, 2.75) is 6.92 Å². The van der Waals surface area contributed by atoms with E-state index in [4.69, 9.17) is 20.8 Å². The summed E-state index contributed by atoms with van der Waals surface area (Å²) in [7, 11) is 1.51. The van der Waals surface area contributed by atoms with Gasteiger partial charge in [-0.15, -0.1) is 0 Å². The lowest BCUT2D eigenvalue weighted by Crippen LogP contribution is -2.16. The molecule has 0 bridgehead atoms. The predicted octanol–water partition coefficient (Wildman–Crippen LogP) is 4.02. The number of fused-ring (bicyclic) bond motifs is 1. The zero-order valence-corrected chi connectivity index (χ0v) is 13.8. The number of hydrogen-bond acceptors (Lipinski definition) is 4. The van der Waals surface area contributed by atoms with Crippen LogP contribution in [-0.2, 0) is 0 Å². The molecule has 1 amide bonds. The molecule has 5 nitrogen and oxygen atoms in total. The van der Waals surface area contributed by atoms with Gasteiger partial charge in [0.25, 0.3) is 5.91 Å². The van der Waals surface area contributed by atoms with Crippen LogP contribution in [0.4, 0.5) is 5.69 Å². The summed E-state index contributed by atoms with van der Waals surface area (Å²) >= 11 is 6.07. The summed E-state index contributed by atoms with van der Waals surface area (Å²) in [6.45, 7) is 1.81. The fourth-order valence-corrected chi connectivity index (χ4v) is 2.56. The van der Waals surface area contributed by atoms with Gasteiger partial charge >= 0.3 is 5.63 Å². The smallest absolute Gasteiger partial charge is 0.337 e. The molecule has 0 atom stereocenters. The molecule has 0 spiro atoms. The van der Waals surface area contributed by atoms with Crippen molar-refractivity contribution in [2.24, 2.45) is 0 Å². The van der Waals surface area contributed by atoms with E-state index in [0.29, 0.717) is 21.8 Å². The number of ether oxygens (including phenoxy) is 1. The Balaban J connectivity index is 2.06. The fourth-order valence-electron chi connectivity index (χ4n) is 2.39. The molecule has 0 saturated carbocycles. The lowest BCUT2D eigenvalue weighted by Gasteiger charge is -2.11. The van der Waals surface area contributed by atoms with Gasteiger partial charge in [0.2, 0.25) is 0 Å².